The first kappa shape index (κ1) is 19.9. The Kier molecular flexibility index (Phi) is 8.02. The number of carbonyl (C=O) groups excluding carboxylic acids is 2. The summed E-state index contributed by atoms with van der Waals surface area (Å²) in [7, 11) is 0. The maximum atomic E-state index is 12.6. The van der Waals surface area contributed by atoms with E-state index in [9.17, 15) is 9.59 Å². The van der Waals surface area contributed by atoms with Gasteiger partial charge in [0.2, 0.25) is 11.8 Å². The number of amides is 2. The fourth-order valence-electron chi connectivity index (χ4n) is 2.70. The van der Waals surface area contributed by atoms with Gasteiger partial charge in [-0.2, -0.15) is 0 Å². The predicted octanol–water partition coefficient (Wildman–Crippen LogP) is 2.26. The number of hydrogen-bond acceptors (Lipinski definition) is 3. The number of benzene rings is 1. The van der Waals surface area contributed by atoms with E-state index in [0.717, 1.165) is 23.1 Å². The van der Waals surface area contributed by atoms with Crippen molar-refractivity contribution in [1.29, 1.82) is 0 Å². The van der Waals surface area contributed by atoms with E-state index in [4.69, 9.17) is 0 Å². The molecule has 2 N–H and O–H groups in total. The fourth-order valence-corrected chi connectivity index (χ4v) is 2.96. The zero-order chi connectivity index (χ0) is 16.1. The zero-order valence-electron chi connectivity index (χ0n) is 13.3. The molecule has 2 unspecified atom stereocenters. The molecule has 1 aliphatic rings. The lowest BCUT2D eigenvalue weighted by Crippen LogP contribution is -2.52. The third-order valence-corrected chi connectivity index (χ3v) is 4.38. The van der Waals surface area contributed by atoms with Gasteiger partial charge in [-0.15, -0.1) is 12.4 Å². The highest BCUT2D eigenvalue weighted by atomic mass is 79.9. The molecule has 0 aromatic heterocycles. The van der Waals surface area contributed by atoms with E-state index in [1.54, 1.807) is 0 Å². The van der Waals surface area contributed by atoms with E-state index >= 15 is 0 Å². The Hall–Kier alpha value is -1.11. The number of halogens is 2. The highest BCUT2D eigenvalue weighted by Crippen LogP contribution is 2.21. The Morgan fingerprint density at radius 1 is 1.39 bits per heavy atom. The highest BCUT2D eigenvalue weighted by molar-refractivity contribution is 9.10. The molecule has 2 amide bonds. The van der Waals surface area contributed by atoms with Gasteiger partial charge >= 0.3 is 0 Å². The summed E-state index contributed by atoms with van der Waals surface area (Å²) in [6, 6.07) is 7.59. The van der Waals surface area contributed by atoms with Crippen LogP contribution in [0.3, 0.4) is 0 Å². The molecule has 0 saturated carbocycles. The van der Waals surface area contributed by atoms with Crippen molar-refractivity contribution >= 4 is 40.2 Å². The molecule has 5 nitrogen and oxygen atoms in total. The maximum Gasteiger partial charge on any atom is 0.225 e. The van der Waals surface area contributed by atoms with Crippen LogP contribution in [0.25, 0.3) is 0 Å². The number of rotatable bonds is 4. The van der Waals surface area contributed by atoms with Gasteiger partial charge in [-0.1, -0.05) is 28.1 Å². The van der Waals surface area contributed by atoms with Gasteiger partial charge in [0.15, 0.2) is 0 Å². The van der Waals surface area contributed by atoms with Crippen LogP contribution in [-0.4, -0.2) is 42.4 Å². The molecule has 1 aliphatic heterocycles. The summed E-state index contributed by atoms with van der Waals surface area (Å²) < 4.78 is 0.972. The van der Waals surface area contributed by atoms with Crippen LogP contribution < -0.4 is 10.6 Å². The van der Waals surface area contributed by atoms with Gasteiger partial charge < -0.3 is 15.5 Å². The van der Waals surface area contributed by atoms with Crippen molar-refractivity contribution in [1.82, 2.24) is 15.5 Å². The number of hydrogen-bond donors (Lipinski definition) is 2. The van der Waals surface area contributed by atoms with Crippen LogP contribution in [0.1, 0.15) is 31.9 Å². The van der Waals surface area contributed by atoms with Gasteiger partial charge in [0.05, 0.1) is 12.5 Å². The van der Waals surface area contributed by atoms with Crippen LogP contribution in [0, 0.1) is 0 Å². The van der Waals surface area contributed by atoms with Gasteiger partial charge in [-0.05, 0) is 24.6 Å². The minimum atomic E-state index is -0.291. The van der Waals surface area contributed by atoms with Crippen molar-refractivity contribution in [2.75, 3.05) is 19.6 Å². The predicted molar refractivity (Wildman–Crippen MR) is 96.6 cm³/mol. The van der Waals surface area contributed by atoms with E-state index in [-0.39, 0.29) is 42.7 Å². The molecule has 128 valence electrons. The van der Waals surface area contributed by atoms with Crippen LogP contribution >= 0.6 is 28.3 Å². The van der Waals surface area contributed by atoms with E-state index in [1.165, 1.54) is 6.92 Å². The quantitative estimate of drug-likeness (QED) is 0.809. The molecule has 1 aromatic carbocycles. The van der Waals surface area contributed by atoms with E-state index < -0.39 is 0 Å². The summed E-state index contributed by atoms with van der Waals surface area (Å²) in [6.07, 6.45) is 0.283. The summed E-state index contributed by atoms with van der Waals surface area (Å²) >= 11 is 3.40. The normalized spacial score (nSPS) is 18.7. The monoisotopic (exact) mass is 403 g/mol. The summed E-state index contributed by atoms with van der Waals surface area (Å²) in [5.41, 5.74) is 0.939. The van der Waals surface area contributed by atoms with Crippen LogP contribution in [0.5, 0.6) is 0 Å². The molecule has 7 heteroatoms. The highest BCUT2D eigenvalue weighted by Gasteiger charge is 2.26. The number of piperazine rings is 1. The molecular weight excluding hydrogens is 382 g/mol. The first-order valence-electron chi connectivity index (χ1n) is 7.50. The zero-order valence-corrected chi connectivity index (χ0v) is 15.7. The molecule has 1 saturated heterocycles. The maximum absolute atomic E-state index is 12.6. The van der Waals surface area contributed by atoms with Gasteiger partial charge in [-0.25, -0.2) is 0 Å². The van der Waals surface area contributed by atoms with Gasteiger partial charge in [0, 0.05) is 37.1 Å². The molecule has 1 fully saturated rings. The van der Waals surface area contributed by atoms with Crippen molar-refractivity contribution in [3.63, 3.8) is 0 Å². The Balaban J connectivity index is 0.00000264. The van der Waals surface area contributed by atoms with E-state index in [0.29, 0.717) is 6.54 Å². The summed E-state index contributed by atoms with van der Waals surface area (Å²) in [6.45, 7) is 5.86. The first-order chi connectivity index (χ1) is 10.5. The smallest absolute Gasteiger partial charge is 0.225 e. The Bertz CT molecular complexity index is 539. The molecule has 2 rings (SSSR count). The Labute approximate surface area is 151 Å². The average Bonchev–Trinajstić information content (AvgIpc) is 2.47. The molecule has 0 aliphatic carbocycles. The Morgan fingerprint density at radius 3 is 2.61 bits per heavy atom. The number of nitrogens with one attached hydrogen (secondary N) is 2. The van der Waals surface area contributed by atoms with Crippen molar-refractivity contribution in [2.24, 2.45) is 0 Å². The van der Waals surface area contributed by atoms with Crippen molar-refractivity contribution in [2.45, 2.75) is 32.4 Å². The molecule has 1 aromatic rings. The van der Waals surface area contributed by atoms with Crippen LogP contribution in [0.15, 0.2) is 28.7 Å². The van der Waals surface area contributed by atoms with E-state index in [1.807, 2.05) is 36.1 Å². The Morgan fingerprint density at radius 2 is 2.04 bits per heavy atom. The molecule has 0 radical (unpaired) electrons. The lowest BCUT2D eigenvalue weighted by atomic mass is 10.0. The second-order valence-corrected chi connectivity index (χ2v) is 6.56. The molecule has 0 spiro atoms. The molecule has 2 atom stereocenters. The fraction of sp³-hybridized carbons (Fsp3) is 0.500. The lowest BCUT2D eigenvalue weighted by Gasteiger charge is -2.35. The minimum Gasteiger partial charge on any atom is -0.349 e. The van der Waals surface area contributed by atoms with Crippen LogP contribution in [0.4, 0.5) is 0 Å². The van der Waals surface area contributed by atoms with Crippen molar-refractivity contribution in [3.05, 3.63) is 34.3 Å². The van der Waals surface area contributed by atoms with Crippen LogP contribution in [0.2, 0.25) is 0 Å². The van der Waals surface area contributed by atoms with Gasteiger partial charge in [0.1, 0.15) is 0 Å². The topological polar surface area (TPSA) is 61.4 Å². The minimum absolute atomic E-state index is 0. The molecule has 1 heterocycles. The second kappa shape index (κ2) is 9.25. The standard InChI is InChI=1S/C16H22BrN3O2.ClH/c1-11-10-18-7-8-20(11)16(22)9-15(19-12(2)21)13-3-5-14(17)6-4-13;/h3-6,11,15,18H,7-10H2,1-2H3,(H,19,21);1H. The second-order valence-electron chi connectivity index (χ2n) is 5.65. The first-order valence-corrected chi connectivity index (χ1v) is 8.29. The van der Waals surface area contributed by atoms with Crippen molar-refractivity contribution < 1.29 is 9.59 Å². The van der Waals surface area contributed by atoms with Gasteiger partial charge in [-0.3, -0.25) is 9.59 Å². The summed E-state index contributed by atoms with van der Waals surface area (Å²) in [5.74, 6) is -0.0512. The van der Waals surface area contributed by atoms with Gasteiger partial charge in [0.25, 0.3) is 0 Å². The number of nitrogens with zero attached hydrogens (tertiary/aromatic N) is 1. The lowest BCUT2D eigenvalue weighted by molar-refractivity contribution is -0.134. The van der Waals surface area contributed by atoms with Crippen LogP contribution in [-0.2, 0) is 9.59 Å². The van der Waals surface area contributed by atoms with Crippen molar-refractivity contribution in [3.8, 4) is 0 Å². The third-order valence-electron chi connectivity index (χ3n) is 3.85. The molecule has 23 heavy (non-hydrogen) atoms. The third kappa shape index (κ3) is 5.79. The summed E-state index contributed by atoms with van der Waals surface area (Å²) in [4.78, 5) is 25.9. The molecular formula is C16H23BrClN3O2. The molecule has 0 bridgehead atoms. The largest absolute Gasteiger partial charge is 0.349 e. The SMILES string of the molecule is CC(=O)NC(CC(=O)N1CCNCC1C)c1ccc(Br)cc1.Cl. The summed E-state index contributed by atoms with van der Waals surface area (Å²) in [5, 5.41) is 6.16. The van der Waals surface area contributed by atoms with E-state index in [2.05, 4.69) is 26.6 Å². The number of carbonyl (C=O) groups is 2. The average molecular weight is 405 g/mol.